The van der Waals surface area contributed by atoms with Gasteiger partial charge in [0, 0.05) is 193 Å². The van der Waals surface area contributed by atoms with Crippen LogP contribution in [0.2, 0.25) is 0 Å². The largest absolute Gasteiger partial charge is 0.496 e. The van der Waals surface area contributed by atoms with Crippen LogP contribution in [0.5, 0.6) is 23.0 Å². The fourth-order valence-electron chi connectivity index (χ4n) is 20.9. The molecule has 0 bridgehead atoms. The SMILES string of the molecule is COc1cc(-c2cn(C)c(=O)c3cnc(N4CCC4)cc23)cc(OC)c1C=O.COc1cc(-c2cn(C)c(=O)c3cnc(N4CCC4)cc23)cc(OC)c1CN1CCC(CN2CCC3(CC2)CN(c2ccc4c(c2)C(=O)N(C2CCC(=O)NC2=O)C4)C3)CC1.O=C(O)C(F)(F)F.O=C1CCC(N2Cc3ccc(N4CC5(CCN(CC6CCNCC6)CC5)C4)cc3C2=O)C(=O)N1.P.[HH]. The molecule has 131 heavy (non-hydrogen) atoms. The summed E-state index contributed by atoms with van der Waals surface area (Å²) in [6.45, 7) is 21.1. The quantitative estimate of drug-likeness (QED) is 0.0333. The minimum atomic E-state index is -5.08. The molecule has 2 spiro atoms. The highest BCUT2D eigenvalue weighted by Crippen LogP contribution is 2.48. The number of likely N-dealkylation sites (tertiary alicyclic amines) is 3. The Labute approximate surface area is 762 Å². The van der Waals surface area contributed by atoms with Crippen LogP contribution in [0.4, 0.5) is 36.2 Å². The minimum absolute atomic E-state index is 0. The van der Waals surface area contributed by atoms with Gasteiger partial charge in [-0.15, -0.1) is 0 Å². The Morgan fingerprint density at radius 2 is 0.908 bits per heavy atom. The van der Waals surface area contributed by atoms with Gasteiger partial charge in [-0.25, -0.2) is 14.8 Å². The molecule has 16 heterocycles. The van der Waals surface area contributed by atoms with Gasteiger partial charge < -0.3 is 77.7 Å². The number of carboxylic acid groups (broad SMARTS) is 1. The molecule has 10 saturated heterocycles. The summed E-state index contributed by atoms with van der Waals surface area (Å²) in [5, 5.41) is 18.2. The molecule has 0 aliphatic carbocycles. The van der Waals surface area contributed by atoms with Crippen molar-refractivity contribution in [2.24, 2.45) is 36.8 Å². The number of benzene rings is 4. The van der Waals surface area contributed by atoms with E-state index in [9.17, 15) is 56.3 Å². The molecule has 3 atom stereocenters. The summed E-state index contributed by atoms with van der Waals surface area (Å²) >= 11 is 0. The number of ether oxygens (including phenoxy) is 4. The summed E-state index contributed by atoms with van der Waals surface area (Å²) in [6.07, 6.45) is 16.2. The lowest BCUT2D eigenvalue weighted by Gasteiger charge is -2.55. The van der Waals surface area contributed by atoms with E-state index in [1.54, 1.807) is 73.4 Å². The number of fused-ring (bicyclic) bond motifs is 4. The van der Waals surface area contributed by atoms with E-state index >= 15 is 0 Å². The number of aldehydes is 1. The highest BCUT2D eigenvalue weighted by Gasteiger charge is 2.49. The molecule has 35 heteroatoms. The van der Waals surface area contributed by atoms with Gasteiger partial charge in [0.05, 0.1) is 50.3 Å². The van der Waals surface area contributed by atoms with Crippen molar-refractivity contribution in [3.8, 4) is 45.3 Å². The van der Waals surface area contributed by atoms with Gasteiger partial charge in [0.15, 0.2) is 6.29 Å². The number of nitrogens with zero attached hydrogens (tertiary/aromatic N) is 13. The van der Waals surface area contributed by atoms with Gasteiger partial charge in [-0.2, -0.15) is 23.1 Å². The van der Waals surface area contributed by atoms with E-state index in [0.717, 1.165) is 207 Å². The zero-order chi connectivity index (χ0) is 91.2. The van der Waals surface area contributed by atoms with E-state index in [1.165, 1.54) is 90.0 Å². The lowest BCUT2D eigenvalue weighted by Crippen LogP contribution is -2.60. The summed E-state index contributed by atoms with van der Waals surface area (Å²) < 4.78 is 57.8. The molecular weight excluding hydrogens is 1710 g/mol. The van der Waals surface area contributed by atoms with Crippen LogP contribution in [0.1, 0.15) is 139 Å². The second kappa shape index (κ2) is 38.7. The van der Waals surface area contributed by atoms with Crippen molar-refractivity contribution in [2.75, 3.05) is 166 Å². The average Bonchev–Trinajstić information content (AvgIpc) is 0.967. The number of carbonyl (C=O) groups excluding carboxylic acids is 7. The van der Waals surface area contributed by atoms with Crippen molar-refractivity contribution < 1.29 is 77.0 Å². The Morgan fingerprint density at radius 3 is 1.27 bits per heavy atom. The van der Waals surface area contributed by atoms with Crippen LogP contribution in [0.15, 0.2) is 107 Å². The minimum Gasteiger partial charge on any atom is -0.496 e. The number of pyridine rings is 4. The molecule has 31 nitrogen and oxygen atoms in total. The number of imide groups is 2. The summed E-state index contributed by atoms with van der Waals surface area (Å²) in [5.74, 6) is 1.49. The normalized spacial score (nSPS) is 20.9. The first-order valence-corrected chi connectivity index (χ1v) is 45.3. The van der Waals surface area contributed by atoms with E-state index < -0.39 is 24.2 Å². The topological polar surface area (TPSA) is 329 Å². The fourth-order valence-corrected chi connectivity index (χ4v) is 20.9. The average molecular weight is 1820 g/mol. The van der Waals surface area contributed by atoms with Gasteiger partial charge in [0.1, 0.15) is 46.7 Å². The number of aromatic nitrogens is 4. The number of hydrogen-bond acceptors (Lipinski definition) is 24. The first-order chi connectivity index (χ1) is 62.6. The van der Waals surface area contributed by atoms with Gasteiger partial charge in [0.25, 0.3) is 22.9 Å². The second-order valence-electron chi connectivity index (χ2n) is 37.1. The molecule has 20 rings (SSSR count). The summed E-state index contributed by atoms with van der Waals surface area (Å²) in [4.78, 5) is 150. The smallest absolute Gasteiger partial charge is 0.490 e. The Bertz CT molecular complexity index is 5820. The molecule has 0 radical (unpaired) electrons. The zero-order valence-electron chi connectivity index (χ0n) is 75.2. The fraction of sp³-hybridized carbons (Fsp3) is 0.500. The number of aliphatic carboxylic acids is 1. The first-order valence-electron chi connectivity index (χ1n) is 45.3. The summed E-state index contributed by atoms with van der Waals surface area (Å²) in [7, 11) is 9.96. The third-order valence-electron chi connectivity index (χ3n) is 28.9. The lowest BCUT2D eigenvalue weighted by molar-refractivity contribution is -0.192. The highest BCUT2D eigenvalue weighted by molar-refractivity contribution is 6.92. The monoisotopic (exact) mass is 1820 g/mol. The van der Waals surface area contributed by atoms with E-state index in [4.69, 9.17) is 28.8 Å². The maximum absolute atomic E-state index is 13.4. The third kappa shape index (κ3) is 19.3. The van der Waals surface area contributed by atoms with E-state index in [0.29, 0.717) is 87.9 Å². The van der Waals surface area contributed by atoms with Crippen LogP contribution in [0, 0.1) is 22.7 Å². The first kappa shape index (κ1) is 92.7. The number of rotatable bonds is 19. The van der Waals surface area contributed by atoms with Gasteiger partial charge in [-0.1, -0.05) is 12.1 Å². The molecule has 6 amide bonds. The van der Waals surface area contributed by atoms with Gasteiger partial charge >= 0.3 is 12.1 Å². The van der Waals surface area contributed by atoms with Gasteiger partial charge in [0.2, 0.25) is 23.6 Å². The number of amides is 6. The number of aryl methyl sites for hydroxylation is 2. The molecule has 4 aromatic carbocycles. The predicted molar refractivity (Wildman–Crippen MR) is 496 cm³/mol. The van der Waals surface area contributed by atoms with E-state index in [1.807, 2.05) is 36.5 Å². The molecule has 3 unspecified atom stereocenters. The van der Waals surface area contributed by atoms with Crippen LogP contribution < -0.4 is 65.6 Å². The summed E-state index contributed by atoms with van der Waals surface area (Å²) in [6, 6.07) is 23.0. The van der Waals surface area contributed by atoms with Crippen LogP contribution in [-0.2, 0) is 57.7 Å². The molecular formula is C96H118F3N16O15P. The molecule has 4 aromatic heterocycles. The Balaban J connectivity index is 0.000000158. The van der Waals surface area contributed by atoms with Crippen molar-refractivity contribution in [3.63, 3.8) is 0 Å². The van der Waals surface area contributed by atoms with Crippen molar-refractivity contribution >= 4 is 102 Å². The lowest BCUT2D eigenvalue weighted by atomic mass is 9.71. The Morgan fingerprint density at radius 1 is 0.511 bits per heavy atom. The molecule has 4 N–H and O–H groups in total. The Hall–Kier alpha value is -11.6. The molecule has 10 fully saturated rings. The molecule has 12 aliphatic rings. The number of anilines is 4. The molecule has 0 saturated carbocycles. The number of piperidine rings is 6. The van der Waals surface area contributed by atoms with Crippen molar-refractivity contribution in [3.05, 3.63) is 152 Å². The van der Waals surface area contributed by atoms with E-state index in [2.05, 4.69) is 90.5 Å². The van der Waals surface area contributed by atoms with Crippen LogP contribution in [0.25, 0.3) is 43.8 Å². The molecule has 8 aromatic rings. The van der Waals surface area contributed by atoms with Crippen molar-refractivity contribution in [1.82, 2.24) is 59.6 Å². The van der Waals surface area contributed by atoms with Crippen LogP contribution in [-0.4, -0.2) is 261 Å². The zero-order valence-corrected chi connectivity index (χ0v) is 76.6. The van der Waals surface area contributed by atoms with E-state index in [-0.39, 0.29) is 70.7 Å². The predicted octanol–water partition coefficient (Wildman–Crippen LogP) is 9.33. The van der Waals surface area contributed by atoms with Crippen molar-refractivity contribution in [2.45, 2.75) is 128 Å². The number of alkyl halides is 3. The van der Waals surface area contributed by atoms with Crippen LogP contribution in [0.3, 0.4) is 0 Å². The summed E-state index contributed by atoms with van der Waals surface area (Å²) in [5.41, 5.74) is 11.0. The second-order valence-corrected chi connectivity index (χ2v) is 37.1. The Kier molecular flexibility index (Phi) is 27.4. The number of methoxy groups -OCH3 is 4. The number of carbonyl (C=O) groups is 8. The maximum Gasteiger partial charge on any atom is 0.490 e. The number of halogens is 3. The maximum atomic E-state index is 13.4. The molecule has 698 valence electrons. The highest BCUT2D eigenvalue weighted by atomic mass is 31.0. The van der Waals surface area contributed by atoms with Gasteiger partial charge in [-0.05, 0) is 224 Å². The molecule has 12 aliphatic heterocycles. The number of hydrogen-bond donors (Lipinski definition) is 4. The van der Waals surface area contributed by atoms with Gasteiger partial charge in [-0.3, -0.25) is 58.7 Å². The standard InChI is InChI=1S/C47H56N8O6.C26H35N5O3.C21H21N3O4.C2HF3O2.H3P.H2/c1-50-26-37(35-22-42(53-13-4-14-53)48-23-36(35)45(50)58)32-19-40(60-2)38(41(20-32)61-3)27-51-15-9-30(10-16-51)24-52-17-11-47(12-18-52)28-54(29-47)33-6-5-31-25-55(46(59)34(31)21-33)39-7-8-43(56)49-44(39)57;32-23-4-3-22(24(33)28-23)31-15-19-1-2-20(13-21(19)25(31)34)30-16-26(17-30)7-11-29(12-8-26)14-18-5-9-27-10-6-18;1-23-11-16(13-7-18(27-2)17(12-25)19(8-13)28-3)14-9-20(24-5-4-6-24)22-10-15(14)21(23)26;3-2(4,5)1(6)7;;/h5-6,19-23,26,30,39H,4,7-18,24-25,27-29H2,1-3H3,(H,49,56,57);1-2,13,18,22,27H,3-12,14-17H2,(H,28,32,33);7-12H,4-6H2,1-3H3;(H,6,7);1H3;1H. The van der Waals surface area contributed by atoms with Crippen molar-refractivity contribution in [1.29, 1.82) is 0 Å². The van der Waals surface area contributed by atoms with Crippen LogP contribution >= 0.6 is 9.90 Å². The number of nitrogens with one attached hydrogen (secondary N) is 3. The third-order valence-corrected chi connectivity index (χ3v) is 28.9. The number of carboxylic acids is 1.